The fraction of sp³-hybridized carbons (Fsp3) is 0. The quantitative estimate of drug-likeness (QED) is 0.697. The van der Waals surface area contributed by atoms with Gasteiger partial charge in [-0.1, -0.05) is 6.07 Å². The van der Waals surface area contributed by atoms with Crippen LogP contribution in [-0.2, 0) is 0 Å². The summed E-state index contributed by atoms with van der Waals surface area (Å²) < 4.78 is 5.57. The van der Waals surface area contributed by atoms with Gasteiger partial charge >= 0.3 is 5.91 Å². The topological polar surface area (TPSA) is 67.5 Å². The lowest BCUT2D eigenvalue weighted by molar-refractivity contribution is 0.0926. The van der Waals surface area contributed by atoms with Crippen LogP contribution in [0.15, 0.2) is 50.8 Å². The molecule has 2 aromatic rings. The first-order valence-corrected chi connectivity index (χ1v) is 5.54. The van der Waals surface area contributed by atoms with Crippen LogP contribution in [-0.4, -0.2) is 17.1 Å². The number of amides is 1. The van der Waals surface area contributed by atoms with Gasteiger partial charge < -0.3 is 4.42 Å². The molecule has 0 atom stereocenters. The third kappa shape index (κ3) is 3.25. The van der Waals surface area contributed by atoms with E-state index in [9.17, 15) is 4.79 Å². The van der Waals surface area contributed by atoms with Gasteiger partial charge in [-0.05, 0) is 34.1 Å². The molecule has 5 nitrogen and oxygen atoms in total. The van der Waals surface area contributed by atoms with Crippen molar-refractivity contribution < 1.29 is 9.21 Å². The molecule has 2 rings (SSSR count). The van der Waals surface area contributed by atoms with E-state index in [0.717, 1.165) is 5.56 Å². The number of carbonyl (C=O) groups excluding carboxylic acids is 1. The van der Waals surface area contributed by atoms with Crippen LogP contribution in [0.4, 0.5) is 0 Å². The Morgan fingerprint density at radius 2 is 2.35 bits per heavy atom. The molecule has 0 saturated carbocycles. The molecule has 2 aromatic heterocycles. The number of rotatable bonds is 3. The van der Waals surface area contributed by atoms with Crippen molar-refractivity contribution in [3.05, 3.63) is 52.7 Å². The van der Waals surface area contributed by atoms with Gasteiger partial charge in [-0.25, -0.2) is 5.43 Å². The largest absolute Gasteiger partial charge is 0.444 e. The summed E-state index contributed by atoms with van der Waals surface area (Å²) in [5.41, 5.74) is 3.15. The van der Waals surface area contributed by atoms with Gasteiger partial charge in [0.15, 0.2) is 10.4 Å². The van der Waals surface area contributed by atoms with E-state index in [-0.39, 0.29) is 5.76 Å². The molecule has 86 valence electrons. The summed E-state index contributed by atoms with van der Waals surface area (Å²) in [6, 6.07) is 6.80. The van der Waals surface area contributed by atoms with E-state index in [2.05, 4.69) is 31.4 Å². The molecular formula is C11H8BrN3O2. The molecule has 6 heteroatoms. The molecule has 1 N–H and O–H groups in total. The highest BCUT2D eigenvalue weighted by molar-refractivity contribution is 9.10. The van der Waals surface area contributed by atoms with E-state index >= 15 is 0 Å². The molecule has 0 aliphatic rings. The molecule has 17 heavy (non-hydrogen) atoms. The Balaban J connectivity index is 1.95. The van der Waals surface area contributed by atoms with Crippen LogP contribution in [0, 0.1) is 0 Å². The van der Waals surface area contributed by atoms with Crippen molar-refractivity contribution in [2.75, 3.05) is 0 Å². The normalized spacial score (nSPS) is 10.6. The number of hydrazone groups is 1. The van der Waals surface area contributed by atoms with Gasteiger partial charge in [-0.2, -0.15) is 5.10 Å². The number of halogens is 1. The molecule has 0 aliphatic heterocycles. The zero-order valence-corrected chi connectivity index (χ0v) is 10.2. The molecule has 0 bridgehead atoms. The minimum atomic E-state index is -0.407. The van der Waals surface area contributed by atoms with Crippen LogP contribution in [0.1, 0.15) is 16.1 Å². The predicted octanol–water partition coefficient (Wildman–Crippen LogP) is 2.20. The molecule has 2 heterocycles. The van der Waals surface area contributed by atoms with E-state index in [4.69, 9.17) is 4.42 Å². The van der Waals surface area contributed by atoms with E-state index in [1.54, 1.807) is 30.6 Å². The highest BCUT2D eigenvalue weighted by Crippen LogP contribution is 2.13. The van der Waals surface area contributed by atoms with Gasteiger partial charge in [-0.15, -0.1) is 0 Å². The second-order valence-corrected chi connectivity index (χ2v) is 3.87. The summed E-state index contributed by atoms with van der Waals surface area (Å²) in [6.45, 7) is 0. The van der Waals surface area contributed by atoms with Gasteiger partial charge in [-0.3, -0.25) is 9.78 Å². The van der Waals surface area contributed by atoms with Gasteiger partial charge in [0.25, 0.3) is 0 Å². The molecular weight excluding hydrogens is 286 g/mol. The van der Waals surface area contributed by atoms with E-state index in [1.807, 2.05) is 6.07 Å². The smallest absolute Gasteiger partial charge is 0.307 e. The second-order valence-electron chi connectivity index (χ2n) is 3.09. The van der Waals surface area contributed by atoms with Crippen molar-refractivity contribution in [1.82, 2.24) is 10.4 Å². The van der Waals surface area contributed by atoms with Crippen molar-refractivity contribution in [2.24, 2.45) is 5.10 Å². The lowest BCUT2D eigenvalue weighted by Crippen LogP contribution is -2.16. The number of aromatic nitrogens is 1. The van der Waals surface area contributed by atoms with Gasteiger partial charge in [0.1, 0.15) is 0 Å². The zero-order valence-electron chi connectivity index (χ0n) is 8.63. The zero-order chi connectivity index (χ0) is 12.1. The first kappa shape index (κ1) is 11.5. The molecule has 0 fully saturated rings. The van der Waals surface area contributed by atoms with Gasteiger partial charge in [0, 0.05) is 18.0 Å². The molecule has 0 spiro atoms. The summed E-state index contributed by atoms with van der Waals surface area (Å²) in [5.74, 6) is -0.212. The average molecular weight is 294 g/mol. The summed E-state index contributed by atoms with van der Waals surface area (Å²) in [5, 5.41) is 3.79. The van der Waals surface area contributed by atoms with Crippen molar-refractivity contribution in [2.45, 2.75) is 0 Å². The number of nitrogens with zero attached hydrogens (tertiary/aromatic N) is 2. The lowest BCUT2D eigenvalue weighted by Gasteiger charge is -1.94. The van der Waals surface area contributed by atoms with Gasteiger partial charge in [0.05, 0.1) is 6.21 Å². The van der Waals surface area contributed by atoms with Crippen molar-refractivity contribution in [3.8, 4) is 0 Å². The van der Waals surface area contributed by atoms with Crippen LogP contribution in [0.3, 0.4) is 0 Å². The number of nitrogens with one attached hydrogen (secondary N) is 1. The second kappa shape index (κ2) is 5.40. The summed E-state index contributed by atoms with van der Waals surface area (Å²) in [6.07, 6.45) is 4.80. The summed E-state index contributed by atoms with van der Waals surface area (Å²) in [4.78, 5) is 15.4. The van der Waals surface area contributed by atoms with Crippen LogP contribution < -0.4 is 5.43 Å². The average Bonchev–Trinajstić information content (AvgIpc) is 2.77. The van der Waals surface area contributed by atoms with E-state index in [0.29, 0.717) is 4.67 Å². The van der Waals surface area contributed by atoms with Crippen LogP contribution in [0.5, 0.6) is 0 Å². The monoisotopic (exact) mass is 293 g/mol. The molecule has 0 radical (unpaired) electrons. The Morgan fingerprint density at radius 3 is 3.00 bits per heavy atom. The maximum absolute atomic E-state index is 11.5. The third-order valence-electron chi connectivity index (χ3n) is 1.86. The molecule has 1 amide bonds. The predicted molar refractivity (Wildman–Crippen MR) is 65.7 cm³/mol. The SMILES string of the molecule is O=C(NN=Cc1cccnc1)c1ccc(Br)o1. The number of carbonyl (C=O) groups is 1. The Hall–Kier alpha value is -1.95. The highest BCUT2D eigenvalue weighted by atomic mass is 79.9. The minimum Gasteiger partial charge on any atom is -0.444 e. The van der Waals surface area contributed by atoms with Crippen LogP contribution >= 0.6 is 15.9 Å². The lowest BCUT2D eigenvalue weighted by atomic mass is 10.3. The van der Waals surface area contributed by atoms with Gasteiger partial charge in [0.2, 0.25) is 0 Å². The molecule has 0 saturated heterocycles. The minimum absolute atomic E-state index is 0.195. The van der Waals surface area contributed by atoms with E-state index < -0.39 is 5.91 Å². The Kier molecular flexibility index (Phi) is 3.66. The third-order valence-corrected chi connectivity index (χ3v) is 2.29. The Bertz CT molecular complexity index is 537. The summed E-state index contributed by atoms with van der Waals surface area (Å²) in [7, 11) is 0. The fourth-order valence-electron chi connectivity index (χ4n) is 1.11. The highest BCUT2D eigenvalue weighted by Gasteiger charge is 2.08. The maximum atomic E-state index is 11.5. The molecule has 0 aromatic carbocycles. The fourth-order valence-corrected chi connectivity index (χ4v) is 1.42. The van der Waals surface area contributed by atoms with Crippen LogP contribution in [0.2, 0.25) is 0 Å². The van der Waals surface area contributed by atoms with E-state index in [1.165, 1.54) is 6.21 Å². The Morgan fingerprint density at radius 1 is 1.47 bits per heavy atom. The molecule has 0 aliphatic carbocycles. The first-order valence-electron chi connectivity index (χ1n) is 4.74. The standard InChI is InChI=1S/C11H8BrN3O2/c12-10-4-3-9(17-10)11(16)15-14-7-8-2-1-5-13-6-8/h1-7H,(H,15,16). The molecule has 0 unspecified atom stereocenters. The van der Waals surface area contributed by atoms with Crippen LogP contribution in [0.25, 0.3) is 0 Å². The number of furan rings is 1. The van der Waals surface area contributed by atoms with Crippen molar-refractivity contribution in [1.29, 1.82) is 0 Å². The van der Waals surface area contributed by atoms with Crippen molar-refractivity contribution in [3.63, 3.8) is 0 Å². The summed E-state index contributed by atoms with van der Waals surface area (Å²) >= 11 is 3.11. The number of pyridine rings is 1. The number of hydrogen-bond acceptors (Lipinski definition) is 4. The first-order chi connectivity index (χ1) is 8.25. The maximum Gasteiger partial charge on any atom is 0.307 e. The number of hydrogen-bond donors (Lipinski definition) is 1. The Labute approximate surface area is 106 Å². The van der Waals surface area contributed by atoms with Crippen molar-refractivity contribution >= 4 is 28.1 Å².